The van der Waals surface area contributed by atoms with Crippen LogP contribution in [0.15, 0.2) is 0 Å². The highest BCUT2D eigenvalue weighted by Crippen LogP contribution is 2.39. The molecule has 1 saturated carbocycles. The van der Waals surface area contributed by atoms with Gasteiger partial charge in [-0.05, 0) is 33.7 Å². The van der Waals surface area contributed by atoms with Gasteiger partial charge in [-0.15, -0.1) is 0 Å². The summed E-state index contributed by atoms with van der Waals surface area (Å²) in [5, 5.41) is 9.27. The van der Waals surface area contributed by atoms with Crippen molar-refractivity contribution in [3.8, 4) is 0 Å². The van der Waals surface area contributed by atoms with Crippen molar-refractivity contribution in [3.63, 3.8) is 0 Å². The summed E-state index contributed by atoms with van der Waals surface area (Å²) in [5.74, 6) is -0.609. The lowest BCUT2D eigenvalue weighted by molar-refractivity contribution is -0.149. The van der Waals surface area contributed by atoms with Crippen molar-refractivity contribution in [1.82, 2.24) is 4.90 Å². The summed E-state index contributed by atoms with van der Waals surface area (Å²) in [4.78, 5) is 13.4. The standard InChI is InChI=1S/C11H21NO2/c1-9(2)12(3)8-11(10(13)14)6-4-5-7-11/h9H,4-8H2,1-3H3,(H,13,14). The normalized spacial score (nSPS) is 20.6. The van der Waals surface area contributed by atoms with E-state index in [1.54, 1.807) is 0 Å². The predicted molar refractivity (Wildman–Crippen MR) is 56.3 cm³/mol. The molecular formula is C11H21NO2. The molecule has 1 rings (SSSR count). The zero-order chi connectivity index (χ0) is 10.8. The molecule has 14 heavy (non-hydrogen) atoms. The molecule has 0 unspecified atom stereocenters. The number of carbonyl (C=O) groups is 1. The second-order valence-electron chi connectivity index (χ2n) is 4.80. The number of hydrogen-bond donors (Lipinski definition) is 1. The molecular weight excluding hydrogens is 178 g/mol. The van der Waals surface area contributed by atoms with Gasteiger partial charge in [0, 0.05) is 12.6 Å². The summed E-state index contributed by atoms with van der Waals surface area (Å²) in [5.41, 5.74) is -0.459. The van der Waals surface area contributed by atoms with Crippen molar-refractivity contribution in [1.29, 1.82) is 0 Å². The molecule has 0 saturated heterocycles. The minimum atomic E-state index is -0.609. The highest BCUT2D eigenvalue weighted by atomic mass is 16.4. The van der Waals surface area contributed by atoms with Gasteiger partial charge < -0.3 is 10.0 Å². The highest BCUT2D eigenvalue weighted by Gasteiger charge is 2.42. The van der Waals surface area contributed by atoms with Gasteiger partial charge >= 0.3 is 5.97 Å². The lowest BCUT2D eigenvalue weighted by atomic mass is 9.85. The van der Waals surface area contributed by atoms with Crippen molar-refractivity contribution in [2.75, 3.05) is 13.6 Å². The topological polar surface area (TPSA) is 40.5 Å². The van der Waals surface area contributed by atoms with Gasteiger partial charge in [-0.1, -0.05) is 12.8 Å². The summed E-state index contributed by atoms with van der Waals surface area (Å²) in [6, 6.07) is 0.423. The van der Waals surface area contributed by atoms with Crippen LogP contribution < -0.4 is 0 Å². The zero-order valence-electron chi connectivity index (χ0n) is 9.42. The fourth-order valence-electron chi connectivity index (χ4n) is 2.15. The number of aliphatic carboxylic acids is 1. The molecule has 0 aliphatic heterocycles. The van der Waals surface area contributed by atoms with Crippen LogP contribution >= 0.6 is 0 Å². The summed E-state index contributed by atoms with van der Waals surface area (Å²) < 4.78 is 0. The van der Waals surface area contributed by atoms with Crippen LogP contribution in [0.5, 0.6) is 0 Å². The molecule has 1 fully saturated rings. The third-order valence-corrected chi connectivity index (χ3v) is 3.45. The Labute approximate surface area is 86.1 Å². The first-order valence-corrected chi connectivity index (χ1v) is 5.41. The minimum absolute atomic E-state index is 0.423. The Bertz CT molecular complexity index is 207. The average molecular weight is 199 g/mol. The molecule has 0 aromatic rings. The van der Waals surface area contributed by atoms with Crippen LogP contribution in [0, 0.1) is 5.41 Å². The molecule has 0 bridgehead atoms. The second-order valence-corrected chi connectivity index (χ2v) is 4.80. The summed E-state index contributed by atoms with van der Waals surface area (Å²) in [6.45, 7) is 4.90. The third-order valence-electron chi connectivity index (χ3n) is 3.45. The molecule has 0 radical (unpaired) electrons. The summed E-state index contributed by atoms with van der Waals surface area (Å²) in [6.07, 6.45) is 3.83. The Morgan fingerprint density at radius 2 is 1.93 bits per heavy atom. The van der Waals surface area contributed by atoms with E-state index in [0.717, 1.165) is 25.7 Å². The number of rotatable bonds is 4. The zero-order valence-corrected chi connectivity index (χ0v) is 9.42. The Kier molecular flexibility index (Phi) is 3.53. The number of hydrogen-bond acceptors (Lipinski definition) is 2. The molecule has 0 amide bonds. The van der Waals surface area contributed by atoms with E-state index in [0.29, 0.717) is 12.6 Å². The second kappa shape index (κ2) is 4.30. The van der Waals surface area contributed by atoms with E-state index in [4.69, 9.17) is 0 Å². The molecule has 0 aromatic heterocycles. The number of carboxylic acid groups (broad SMARTS) is 1. The van der Waals surface area contributed by atoms with Crippen molar-refractivity contribution < 1.29 is 9.90 Å². The summed E-state index contributed by atoms with van der Waals surface area (Å²) >= 11 is 0. The Morgan fingerprint density at radius 1 is 1.43 bits per heavy atom. The molecule has 3 heteroatoms. The Morgan fingerprint density at radius 3 is 2.29 bits per heavy atom. The van der Waals surface area contributed by atoms with Crippen LogP contribution in [0.25, 0.3) is 0 Å². The van der Waals surface area contributed by atoms with E-state index >= 15 is 0 Å². The molecule has 82 valence electrons. The molecule has 1 aliphatic rings. The van der Waals surface area contributed by atoms with Gasteiger partial charge in [-0.2, -0.15) is 0 Å². The van der Waals surface area contributed by atoms with E-state index in [2.05, 4.69) is 18.7 Å². The molecule has 0 atom stereocenters. The first-order valence-electron chi connectivity index (χ1n) is 5.41. The van der Waals surface area contributed by atoms with Gasteiger partial charge in [-0.25, -0.2) is 0 Å². The fraction of sp³-hybridized carbons (Fsp3) is 0.909. The van der Waals surface area contributed by atoms with Gasteiger partial charge in [-0.3, -0.25) is 4.79 Å². The van der Waals surface area contributed by atoms with Crippen LogP contribution in [0.4, 0.5) is 0 Å². The highest BCUT2D eigenvalue weighted by molar-refractivity contribution is 5.75. The van der Waals surface area contributed by atoms with E-state index in [1.807, 2.05) is 7.05 Å². The van der Waals surface area contributed by atoms with E-state index in [9.17, 15) is 9.90 Å². The van der Waals surface area contributed by atoms with Crippen molar-refractivity contribution in [3.05, 3.63) is 0 Å². The lowest BCUT2D eigenvalue weighted by Gasteiger charge is -2.31. The first-order chi connectivity index (χ1) is 6.48. The SMILES string of the molecule is CC(C)N(C)CC1(C(=O)O)CCCC1. The van der Waals surface area contributed by atoms with Gasteiger partial charge in [0.2, 0.25) is 0 Å². The maximum absolute atomic E-state index is 11.3. The monoisotopic (exact) mass is 199 g/mol. The minimum Gasteiger partial charge on any atom is -0.481 e. The Balaban J connectivity index is 2.65. The van der Waals surface area contributed by atoms with E-state index in [-0.39, 0.29) is 0 Å². The Hall–Kier alpha value is -0.570. The molecule has 3 nitrogen and oxygen atoms in total. The lowest BCUT2D eigenvalue weighted by Crippen LogP contribution is -2.42. The van der Waals surface area contributed by atoms with Crippen LogP contribution in [0.3, 0.4) is 0 Å². The average Bonchev–Trinajstić information content (AvgIpc) is 2.53. The quantitative estimate of drug-likeness (QED) is 0.752. The predicted octanol–water partition coefficient (Wildman–Crippen LogP) is 1.97. The van der Waals surface area contributed by atoms with Gasteiger partial charge in [0.1, 0.15) is 0 Å². The van der Waals surface area contributed by atoms with E-state index in [1.165, 1.54) is 0 Å². The smallest absolute Gasteiger partial charge is 0.310 e. The van der Waals surface area contributed by atoms with Gasteiger partial charge in [0.25, 0.3) is 0 Å². The van der Waals surface area contributed by atoms with Crippen LogP contribution in [0.1, 0.15) is 39.5 Å². The fourth-order valence-corrected chi connectivity index (χ4v) is 2.15. The van der Waals surface area contributed by atoms with Crippen molar-refractivity contribution in [2.24, 2.45) is 5.41 Å². The van der Waals surface area contributed by atoms with Crippen LogP contribution in [0.2, 0.25) is 0 Å². The molecule has 0 heterocycles. The largest absolute Gasteiger partial charge is 0.481 e. The third kappa shape index (κ3) is 2.27. The number of nitrogens with zero attached hydrogens (tertiary/aromatic N) is 1. The van der Waals surface area contributed by atoms with Crippen molar-refractivity contribution in [2.45, 2.75) is 45.6 Å². The van der Waals surface area contributed by atoms with Gasteiger partial charge in [0.05, 0.1) is 5.41 Å². The van der Waals surface area contributed by atoms with Crippen molar-refractivity contribution >= 4 is 5.97 Å². The van der Waals surface area contributed by atoms with Gasteiger partial charge in [0.15, 0.2) is 0 Å². The maximum atomic E-state index is 11.3. The van der Waals surface area contributed by atoms with Crippen LogP contribution in [-0.2, 0) is 4.79 Å². The maximum Gasteiger partial charge on any atom is 0.310 e. The molecule has 1 N–H and O–H groups in total. The van der Waals surface area contributed by atoms with E-state index < -0.39 is 11.4 Å². The molecule has 0 spiro atoms. The molecule has 1 aliphatic carbocycles. The first kappa shape index (κ1) is 11.5. The summed E-state index contributed by atoms with van der Waals surface area (Å²) in [7, 11) is 2.01. The van der Waals surface area contributed by atoms with Crippen LogP contribution in [-0.4, -0.2) is 35.6 Å². The molecule has 0 aromatic carbocycles. The number of carboxylic acids is 1.